The van der Waals surface area contributed by atoms with Crippen LogP contribution in [0.25, 0.3) is 0 Å². The van der Waals surface area contributed by atoms with Gasteiger partial charge in [-0.1, -0.05) is 0 Å². The summed E-state index contributed by atoms with van der Waals surface area (Å²) in [6, 6.07) is 6.69. The van der Waals surface area contributed by atoms with Gasteiger partial charge in [-0.3, -0.25) is 14.9 Å². The van der Waals surface area contributed by atoms with E-state index in [4.69, 9.17) is 9.47 Å². The first kappa shape index (κ1) is 18.6. The van der Waals surface area contributed by atoms with Gasteiger partial charge in [-0.2, -0.15) is 4.39 Å². The molecule has 142 valence electrons. The number of carbonyl (C=O) groups excluding carboxylic acids is 1. The minimum absolute atomic E-state index is 0.0103. The second-order valence-electron chi connectivity index (χ2n) is 5.95. The van der Waals surface area contributed by atoms with E-state index in [1.54, 1.807) is 0 Å². The summed E-state index contributed by atoms with van der Waals surface area (Å²) in [5.74, 6) is -1.48. The lowest BCUT2D eigenvalue weighted by atomic mass is 10.0. The minimum Gasteiger partial charge on any atom is -0.493 e. The molecule has 1 N–H and O–H groups in total. The molecule has 0 saturated carbocycles. The van der Waals surface area contributed by atoms with Crippen LogP contribution >= 0.6 is 0 Å². The van der Waals surface area contributed by atoms with Crippen LogP contribution in [0.4, 0.5) is 14.5 Å². The van der Waals surface area contributed by atoms with Gasteiger partial charge < -0.3 is 14.8 Å². The summed E-state index contributed by atoms with van der Waals surface area (Å²) >= 11 is 0. The Kier molecular flexibility index (Phi) is 5.49. The number of nitrogens with one attached hydrogen (secondary N) is 1. The zero-order valence-corrected chi connectivity index (χ0v) is 14.1. The molecule has 7 nitrogen and oxygen atoms in total. The smallest absolute Gasteiger partial charge is 0.305 e. The van der Waals surface area contributed by atoms with Crippen LogP contribution in [-0.2, 0) is 4.79 Å². The molecule has 1 aliphatic rings. The zero-order chi connectivity index (χ0) is 19.4. The largest absolute Gasteiger partial charge is 0.493 e. The first-order chi connectivity index (χ1) is 12.9. The van der Waals surface area contributed by atoms with Crippen LogP contribution in [0.15, 0.2) is 36.4 Å². The predicted octanol–water partition coefficient (Wildman–Crippen LogP) is 3.28. The van der Waals surface area contributed by atoms with Crippen molar-refractivity contribution in [3.63, 3.8) is 0 Å². The van der Waals surface area contributed by atoms with Gasteiger partial charge in [0.25, 0.3) is 5.91 Å². The van der Waals surface area contributed by atoms with E-state index >= 15 is 0 Å². The first-order valence-corrected chi connectivity index (χ1v) is 8.22. The summed E-state index contributed by atoms with van der Waals surface area (Å²) in [5.41, 5.74) is -0.133. The van der Waals surface area contributed by atoms with Crippen LogP contribution in [0, 0.1) is 21.7 Å². The highest BCUT2D eigenvalue weighted by atomic mass is 19.1. The van der Waals surface area contributed by atoms with E-state index in [0.717, 1.165) is 12.1 Å². The van der Waals surface area contributed by atoms with Crippen LogP contribution in [0.2, 0.25) is 0 Å². The fourth-order valence-electron chi connectivity index (χ4n) is 2.81. The number of carbonyl (C=O) groups is 1. The minimum atomic E-state index is -1.05. The molecular formula is C18H16F2N2O5. The molecule has 9 heteroatoms. The lowest BCUT2D eigenvalue weighted by Gasteiger charge is -2.18. The number of nitrogens with zero attached hydrogens (tertiary/aromatic N) is 1. The van der Waals surface area contributed by atoms with E-state index in [0.29, 0.717) is 30.8 Å². The molecule has 1 amide bonds. The van der Waals surface area contributed by atoms with Crippen molar-refractivity contribution >= 4 is 11.6 Å². The third-order valence-electron chi connectivity index (χ3n) is 4.06. The molecule has 1 aliphatic heterocycles. The molecule has 2 aromatic rings. The molecule has 0 saturated heterocycles. The molecule has 1 atom stereocenters. The van der Waals surface area contributed by atoms with Gasteiger partial charge in [0.2, 0.25) is 5.82 Å². The van der Waals surface area contributed by atoms with Gasteiger partial charge >= 0.3 is 5.69 Å². The molecule has 0 aliphatic carbocycles. The summed E-state index contributed by atoms with van der Waals surface area (Å²) < 4.78 is 37.9. The van der Waals surface area contributed by atoms with Crippen molar-refractivity contribution in [2.75, 3.05) is 13.2 Å². The number of hydrogen-bond donors (Lipinski definition) is 1. The molecule has 2 aromatic carbocycles. The number of amides is 1. The van der Waals surface area contributed by atoms with Crippen molar-refractivity contribution in [1.82, 2.24) is 5.32 Å². The van der Waals surface area contributed by atoms with Gasteiger partial charge in [0.15, 0.2) is 6.61 Å². The number of fused-ring (bicyclic) bond motifs is 1. The molecular weight excluding hydrogens is 362 g/mol. The highest BCUT2D eigenvalue weighted by Crippen LogP contribution is 2.32. The van der Waals surface area contributed by atoms with Crippen LogP contribution in [-0.4, -0.2) is 24.0 Å². The molecule has 27 heavy (non-hydrogen) atoms. The average Bonchev–Trinajstić information content (AvgIpc) is 2.82. The van der Waals surface area contributed by atoms with Crippen molar-refractivity contribution in [3.05, 3.63) is 63.7 Å². The lowest BCUT2D eigenvalue weighted by molar-refractivity contribution is -0.387. The number of rotatable bonds is 5. The molecule has 1 unspecified atom stereocenters. The summed E-state index contributed by atoms with van der Waals surface area (Å²) in [4.78, 5) is 21.9. The Hall–Kier alpha value is -3.23. The van der Waals surface area contributed by atoms with Crippen LogP contribution < -0.4 is 14.8 Å². The number of halogens is 2. The van der Waals surface area contributed by atoms with Crippen molar-refractivity contribution in [2.24, 2.45) is 0 Å². The molecule has 1 heterocycles. The SMILES string of the molecule is O=C(COc1ccc([N+](=O)[O-])c(F)c1)NC1CCCOc2ccc(F)cc21. The van der Waals surface area contributed by atoms with E-state index in [1.807, 2.05) is 0 Å². The van der Waals surface area contributed by atoms with E-state index in [2.05, 4.69) is 5.32 Å². The molecule has 0 fully saturated rings. The zero-order valence-electron chi connectivity index (χ0n) is 14.1. The van der Waals surface area contributed by atoms with Gasteiger partial charge in [-0.25, -0.2) is 4.39 Å². The maximum atomic E-state index is 13.6. The highest BCUT2D eigenvalue weighted by molar-refractivity contribution is 5.78. The van der Waals surface area contributed by atoms with Gasteiger partial charge in [-0.05, 0) is 37.1 Å². The van der Waals surface area contributed by atoms with Crippen molar-refractivity contribution < 1.29 is 28.0 Å². The van der Waals surface area contributed by atoms with Gasteiger partial charge in [0.05, 0.1) is 17.6 Å². The third-order valence-corrected chi connectivity index (χ3v) is 4.06. The molecule has 0 bridgehead atoms. The summed E-state index contributed by atoms with van der Waals surface area (Å²) in [5, 5.41) is 13.3. The van der Waals surface area contributed by atoms with Gasteiger partial charge in [0, 0.05) is 17.7 Å². The molecule has 0 aromatic heterocycles. The number of nitro groups is 1. The predicted molar refractivity (Wildman–Crippen MR) is 90.6 cm³/mol. The number of nitro benzene ring substituents is 1. The van der Waals surface area contributed by atoms with Crippen LogP contribution in [0.5, 0.6) is 11.5 Å². The average molecular weight is 378 g/mol. The Balaban J connectivity index is 1.64. The number of benzene rings is 2. The maximum absolute atomic E-state index is 13.6. The number of ether oxygens (including phenoxy) is 2. The summed E-state index contributed by atoms with van der Waals surface area (Å²) in [7, 11) is 0. The Morgan fingerprint density at radius 3 is 2.85 bits per heavy atom. The van der Waals surface area contributed by atoms with E-state index < -0.39 is 40.8 Å². The van der Waals surface area contributed by atoms with Gasteiger partial charge in [0.1, 0.15) is 17.3 Å². The molecule has 3 rings (SSSR count). The Labute approximate surface area is 153 Å². The third kappa shape index (κ3) is 4.49. The van der Waals surface area contributed by atoms with Crippen molar-refractivity contribution in [2.45, 2.75) is 18.9 Å². The fourth-order valence-corrected chi connectivity index (χ4v) is 2.81. The van der Waals surface area contributed by atoms with Crippen LogP contribution in [0.1, 0.15) is 24.4 Å². The second kappa shape index (κ2) is 7.98. The van der Waals surface area contributed by atoms with E-state index in [-0.39, 0.29) is 5.75 Å². The monoisotopic (exact) mass is 378 g/mol. The summed E-state index contributed by atoms with van der Waals surface area (Å²) in [6.07, 6.45) is 1.24. The van der Waals surface area contributed by atoms with Crippen LogP contribution in [0.3, 0.4) is 0 Å². The quantitative estimate of drug-likeness (QED) is 0.637. The van der Waals surface area contributed by atoms with Gasteiger partial charge in [-0.15, -0.1) is 0 Å². The molecule has 0 radical (unpaired) electrons. The standard InChI is InChI=1S/C18H16F2N2O5/c19-11-3-6-17-13(8-11)15(2-1-7-26-17)21-18(23)10-27-12-4-5-16(22(24)25)14(20)9-12/h3-6,8-9,15H,1-2,7,10H2,(H,21,23). The van der Waals surface area contributed by atoms with E-state index in [9.17, 15) is 23.7 Å². The number of hydrogen-bond acceptors (Lipinski definition) is 5. The Bertz CT molecular complexity index is 875. The fraction of sp³-hybridized carbons (Fsp3) is 0.278. The van der Waals surface area contributed by atoms with Crippen molar-refractivity contribution in [3.8, 4) is 11.5 Å². The molecule has 0 spiro atoms. The Morgan fingerprint density at radius 1 is 1.30 bits per heavy atom. The topological polar surface area (TPSA) is 90.7 Å². The highest BCUT2D eigenvalue weighted by Gasteiger charge is 2.22. The van der Waals surface area contributed by atoms with E-state index in [1.165, 1.54) is 24.3 Å². The normalized spacial score (nSPS) is 15.9. The maximum Gasteiger partial charge on any atom is 0.305 e. The first-order valence-electron chi connectivity index (χ1n) is 8.22. The Morgan fingerprint density at radius 2 is 2.11 bits per heavy atom. The second-order valence-corrected chi connectivity index (χ2v) is 5.95. The lowest BCUT2D eigenvalue weighted by Crippen LogP contribution is -2.32. The summed E-state index contributed by atoms with van der Waals surface area (Å²) in [6.45, 7) is 0.0445. The van der Waals surface area contributed by atoms with Crippen molar-refractivity contribution in [1.29, 1.82) is 0 Å².